The molecule has 2 aliphatic heterocycles. The summed E-state index contributed by atoms with van der Waals surface area (Å²) in [6, 6.07) is 8.62. The molecule has 0 aromatic heterocycles. The minimum Gasteiger partial charge on any atom is -0.374 e. The van der Waals surface area contributed by atoms with Crippen molar-refractivity contribution in [1.82, 2.24) is 0 Å². The molecule has 0 unspecified atom stereocenters. The molecule has 0 radical (unpaired) electrons. The molecule has 3 rings (SSSR count). The SMILES string of the molecule is C[C@@H]1O[C@@H](CCC2(C)OCCO2)C[C@H]1S(=O)(=O)c1ccccc1. The van der Waals surface area contributed by atoms with Crippen LogP contribution in [0, 0.1) is 0 Å². The van der Waals surface area contributed by atoms with Crippen molar-refractivity contribution in [3.05, 3.63) is 30.3 Å². The molecule has 0 spiro atoms. The van der Waals surface area contributed by atoms with Gasteiger partial charge in [0, 0.05) is 6.42 Å². The smallest absolute Gasteiger partial charge is 0.183 e. The molecule has 0 amide bonds. The lowest BCUT2D eigenvalue weighted by Crippen LogP contribution is -2.28. The van der Waals surface area contributed by atoms with Crippen LogP contribution >= 0.6 is 0 Å². The van der Waals surface area contributed by atoms with E-state index in [0.717, 1.165) is 6.42 Å². The van der Waals surface area contributed by atoms with Gasteiger partial charge in [0.2, 0.25) is 0 Å². The fraction of sp³-hybridized carbons (Fsp3) is 0.647. The van der Waals surface area contributed by atoms with Gasteiger partial charge in [0.25, 0.3) is 0 Å². The van der Waals surface area contributed by atoms with Crippen LogP contribution in [0.2, 0.25) is 0 Å². The van der Waals surface area contributed by atoms with Gasteiger partial charge in [0.05, 0.1) is 35.6 Å². The average molecular weight is 340 g/mol. The summed E-state index contributed by atoms with van der Waals surface area (Å²) in [5.74, 6) is -0.553. The molecular formula is C17H24O5S. The van der Waals surface area contributed by atoms with E-state index in [1.54, 1.807) is 24.3 Å². The molecule has 0 bridgehead atoms. The van der Waals surface area contributed by atoms with Gasteiger partial charge >= 0.3 is 0 Å². The normalized spacial score (nSPS) is 30.6. The maximum atomic E-state index is 12.8. The first-order chi connectivity index (χ1) is 10.9. The molecule has 0 N–H and O–H groups in total. The molecular weight excluding hydrogens is 316 g/mol. The number of hydrogen-bond acceptors (Lipinski definition) is 5. The number of sulfone groups is 1. The summed E-state index contributed by atoms with van der Waals surface area (Å²) in [5, 5.41) is -0.492. The number of rotatable bonds is 5. The Balaban J connectivity index is 1.64. The number of hydrogen-bond donors (Lipinski definition) is 0. The standard InChI is InChI=1S/C17H24O5S/c1-13-16(23(18,19)15-6-4-3-5-7-15)12-14(22-13)8-9-17(2)20-10-11-21-17/h3-7,13-14,16H,8-12H2,1-2H3/t13-,14-,16+/m0/s1. The van der Waals surface area contributed by atoms with E-state index in [1.807, 2.05) is 19.9 Å². The third kappa shape index (κ3) is 3.60. The maximum Gasteiger partial charge on any atom is 0.183 e. The molecule has 3 atom stereocenters. The van der Waals surface area contributed by atoms with E-state index in [4.69, 9.17) is 14.2 Å². The Kier molecular flexibility index (Phi) is 4.78. The Bertz CT molecular complexity index is 622. The molecule has 5 nitrogen and oxygen atoms in total. The highest BCUT2D eigenvalue weighted by molar-refractivity contribution is 7.92. The molecule has 0 aliphatic carbocycles. The van der Waals surface area contributed by atoms with E-state index in [2.05, 4.69) is 0 Å². The molecule has 1 aromatic carbocycles. The Labute approximate surface area is 137 Å². The Hall–Kier alpha value is -0.950. The second-order valence-corrected chi connectivity index (χ2v) is 8.63. The second-order valence-electron chi connectivity index (χ2n) is 6.46. The minimum atomic E-state index is -3.36. The third-order valence-electron chi connectivity index (χ3n) is 4.71. The van der Waals surface area contributed by atoms with Crippen molar-refractivity contribution < 1.29 is 22.6 Å². The zero-order chi connectivity index (χ0) is 16.5. The van der Waals surface area contributed by atoms with Gasteiger partial charge in [0.15, 0.2) is 15.6 Å². The van der Waals surface area contributed by atoms with Crippen LogP contribution in [0.1, 0.15) is 33.1 Å². The van der Waals surface area contributed by atoms with Crippen molar-refractivity contribution in [2.75, 3.05) is 13.2 Å². The van der Waals surface area contributed by atoms with Gasteiger partial charge < -0.3 is 14.2 Å². The first-order valence-electron chi connectivity index (χ1n) is 8.13. The van der Waals surface area contributed by atoms with Gasteiger partial charge in [-0.1, -0.05) is 18.2 Å². The Morgan fingerprint density at radius 2 is 1.83 bits per heavy atom. The summed E-state index contributed by atoms with van der Waals surface area (Å²) < 4.78 is 42.7. The van der Waals surface area contributed by atoms with Crippen LogP contribution in [0.15, 0.2) is 35.2 Å². The zero-order valence-corrected chi connectivity index (χ0v) is 14.4. The van der Waals surface area contributed by atoms with E-state index in [9.17, 15) is 8.42 Å². The molecule has 6 heteroatoms. The monoisotopic (exact) mass is 340 g/mol. The van der Waals surface area contributed by atoms with Crippen LogP contribution in [0.5, 0.6) is 0 Å². The first-order valence-corrected chi connectivity index (χ1v) is 9.68. The van der Waals surface area contributed by atoms with Gasteiger partial charge in [-0.2, -0.15) is 0 Å². The molecule has 2 fully saturated rings. The highest BCUT2D eigenvalue weighted by Crippen LogP contribution is 2.34. The second kappa shape index (κ2) is 6.51. The predicted molar refractivity (Wildman–Crippen MR) is 85.9 cm³/mol. The first kappa shape index (κ1) is 16.9. The maximum absolute atomic E-state index is 12.8. The lowest BCUT2D eigenvalue weighted by atomic mass is 10.1. The summed E-state index contributed by atoms with van der Waals surface area (Å²) >= 11 is 0. The van der Waals surface area contributed by atoms with E-state index in [0.29, 0.717) is 31.0 Å². The highest BCUT2D eigenvalue weighted by Gasteiger charge is 2.42. The Morgan fingerprint density at radius 3 is 2.48 bits per heavy atom. The summed E-state index contributed by atoms with van der Waals surface area (Å²) in [4.78, 5) is 0.371. The van der Waals surface area contributed by atoms with Crippen LogP contribution in [0.3, 0.4) is 0 Å². The molecule has 1 aromatic rings. The third-order valence-corrected chi connectivity index (χ3v) is 7.02. The summed E-state index contributed by atoms with van der Waals surface area (Å²) in [5.41, 5.74) is 0. The lowest BCUT2D eigenvalue weighted by Gasteiger charge is -2.23. The molecule has 2 aliphatic rings. The van der Waals surface area contributed by atoms with E-state index < -0.39 is 20.9 Å². The molecule has 2 saturated heterocycles. The molecule has 128 valence electrons. The lowest BCUT2D eigenvalue weighted by molar-refractivity contribution is -0.152. The minimum absolute atomic E-state index is 0.0712. The van der Waals surface area contributed by atoms with Crippen molar-refractivity contribution in [2.24, 2.45) is 0 Å². The van der Waals surface area contributed by atoms with Crippen LogP contribution in [0.4, 0.5) is 0 Å². The van der Waals surface area contributed by atoms with Gasteiger partial charge in [0.1, 0.15) is 0 Å². The fourth-order valence-corrected chi connectivity index (χ4v) is 5.29. The fourth-order valence-electron chi connectivity index (χ4n) is 3.37. The van der Waals surface area contributed by atoms with Crippen molar-refractivity contribution in [1.29, 1.82) is 0 Å². The van der Waals surface area contributed by atoms with Gasteiger partial charge in [-0.25, -0.2) is 8.42 Å². The van der Waals surface area contributed by atoms with Crippen molar-refractivity contribution >= 4 is 9.84 Å². The molecule has 2 heterocycles. The van der Waals surface area contributed by atoms with Crippen LogP contribution in [-0.2, 0) is 24.0 Å². The quantitative estimate of drug-likeness (QED) is 0.824. The van der Waals surface area contributed by atoms with E-state index in [-0.39, 0.29) is 12.2 Å². The van der Waals surface area contributed by atoms with Crippen molar-refractivity contribution in [3.63, 3.8) is 0 Å². The highest BCUT2D eigenvalue weighted by atomic mass is 32.2. The summed E-state index contributed by atoms with van der Waals surface area (Å²) in [7, 11) is -3.36. The molecule has 23 heavy (non-hydrogen) atoms. The van der Waals surface area contributed by atoms with Gasteiger partial charge in [-0.05, 0) is 38.8 Å². The topological polar surface area (TPSA) is 61.8 Å². The molecule has 0 saturated carbocycles. The van der Waals surface area contributed by atoms with E-state index >= 15 is 0 Å². The van der Waals surface area contributed by atoms with Crippen molar-refractivity contribution in [3.8, 4) is 0 Å². The number of benzene rings is 1. The van der Waals surface area contributed by atoms with E-state index in [1.165, 1.54) is 0 Å². The zero-order valence-electron chi connectivity index (χ0n) is 13.6. The van der Waals surface area contributed by atoms with Crippen LogP contribution in [-0.4, -0.2) is 44.9 Å². The van der Waals surface area contributed by atoms with Crippen molar-refractivity contribution in [2.45, 2.75) is 61.3 Å². The number of ether oxygens (including phenoxy) is 3. The van der Waals surface area contributed by atoms with Gasteiger partial charge in [-0.15, -0.1) is 0 Å². The average Bonchev–Trinajstić information content (AvgIpc) is 3.13. The predicted octanol–water partition coefficient (Wildman–Crippen LogP) is 2.55. The van der Waals surface area contributed by atoms with Gasteiger partial charge in [-0.3, -0.25) is 0 Å². The Morgan fingerprint density at radius 1 is 1.17 bits per heavy atom. The summed E-state index contributed by atoms with van der Waals surface area (Å²) in [6.07, 6.45) is 1.60. The van der Waals surface area contributed by atoms with Crippen LogP contribution in [0.25, 0.3) is 0 Å². The summed E-state index contributed by atoms with van der Waals surface area (Å²) in [6.45, 7) is 5.00. The largest absolute Gasteiger partial charge is 0.374 e. The van der Waals surface area contributed by atoms with Crippen LogP contribution < -0.4 is 0 Å².